The van der Waals surface area contributed by atoms with E-state index in [9.17, 15) is 4.79 Å². The quantitative estimate of drug-likeness (QED) is 0.718. The molecule has 0 aliphatic carbocycles. The summed E-state index contributed by atoms with van der Waals surface area (Å²) < 4.78 is 5.53. The van der Waals surface area contributed by atoms with Gasteiger partial charge < -0.3 is 15.8 Å². The summed E-state index contributed by atoms with van der Waals surface area (Å²) in [6, 6.07) is 7.18. The second-order valence-electron chi connectivity index (χ2n) is 5.06. The van der Waals surface area contributed by atoms with Crippen molar-refractivity contribution in [1.82, 2.24) is 5.32 Å². The van der Waals surface area contributed by atoms with E-state index >= 15 is 0 Å². The van der Waals surface area contributed by atoms with Gasteiger partial charge in [0.15, 0.2) is 0 Å². The maximum atomic E-state index is 12.0. The van der Waals surface area contributed by atoms with Crippen LogP contribution in [0.2, 0.25) is 0 Å². The first-order valence-corrected chi connectivity index (χ1v) is 7.34. The number of nitrogen functional groups attached to an aromatic ring is 1. The predicted molar refractivity (Wildman–Crippen MR) is 82.7 cm³/mol. The summed E-state index contributed by atoms with van der Waals surface area (Å²) >= 11 is 0. The minimum Gasteiger partial charge on any atom is -0.493 e. The van der Waals surface area contributed by atoms with Crippen LogP contribution in [-0.2, 0) is 4.79 Å². The molecule has 0 radical (unpaired) electrons. The SMILES string of the molecule is CCC(CC)(CC)NC(=O)CCOc1ccc(N)cc1. The average Bonchev–Trinajstić information content (AvgIpc) is 2.47. The molecule has 4 heteroatoms. The molecule has 3 N–H and O–H groups in total. The molecule has 0 aliphatic heterocycles. The summed E-state index contributed by atoms with van der Waals surface area (Å²) in [5.74, 6) is 0.783. The molecule has 112 valence electrons. The van der Waals surface area contributed by atoms with Crippen LogP contribution in [0, 0.1) is 0 Å². The molecule has 0 saturated heterocycles. The molecule has 0 unspecified atom stereocenters. The van der Waals surface area contributed by atoms with Crippen LogP contribution in [-0.4, -0.2) is 18.1 Å². The largest absolute Gasteiger partial charge is 0.493 e. The van der Waals surface area contributed by atoms with Gasteiger partial charge in [-0.25, -0.2) is 0 Å². The number of ether oxygens (including phenoxy) is 1. The highest BCUT2D eigenvalue weighted by Crippen LogP contribution is 2.19. The summed E-state index contributed by atoms with van der Waals surface area (Å²) in [6.07, 6.45) is 3.21. The second kappa shape index (κ2) is 7.78. The van der Waals surface area contributed by atoms with Crippen molar-refractivity contribution in [3.63, 3.8) is 0 Å². The number of carbonyl (C=O) groups is 1. The minimum absolute atomic E-state index is 0.0472. The molecule has 0 aliphatic rings. The summed E-state index contributed by atoms with van der Waals surface area (Å²) in [5, 5.41) is 3.14. The Balaban J connectivity index is 2.38. The maximum absolute atomic E-state index is 12.0. The molecule has 1 rings (SSSR count). The number of nitrogens with one attached hydrogen (secondary N) is 1. The standard InChI is InChI=1S/C16H26N2O2/c1-4-16(5-2,6-3)18-15(19)11-12-20-14-9-7-13(17)8-10-14/h7-10H,4-6,11-12,17H2,1-3H3,(H,18,19). The molecule has 1 amide bonds. The van der Waals surface area contributed by atoms with Crippen molar-refractivity contribution >= 4 is 11.6 Å². The fraction of sp³-hybridized carbons (Fsp3) is 0.562. The number of hydrogen-bond donors (Lipinski definition) is 2. The molecule has 0 aromatic heterocycles. The Morgan fingerprint density at radius 3 is 2.20 bits per heavy atom. The average molecular weight is 278 g/mol. The van der Waals surface area contributed by atoms with Gasteiger partial charge in [-0.3, -0.25) is 4.79 Å². The van der Waals surface area contributed by atoms with Gasteiger partial charge in [0, 0.05) is 11.2 Å². The molecule has 0 fully saturated rings. The van der Waals surface area contributed by atoms with E-state index in [4.69, 9.17) is 10.5 Å². The van der Waals surface area contributed by atoms with Gasteiger partial charge in [-0.15, -0.1) is 0 Å². The highest BCUT2D eigenvalue weighted by atomic mass is 16.5. The van der Waals surface area contributed by atoms with Gasteiger partial charge >= 0.3 is 0 Å². The van der Waals surface area contributed by atoms with Crippen LogP contribution in [0.4, 0.5) is 5.69 Å². The maximum Gasteiger partial charge on any atom is 0.223 e. The van der Waals surface area contributed by atoms with Crippen molar-refractivity contribution in [3.05, 3.63) is 24.3 Å². The Morgan fingerprint density at radius 1 is 1.15 bits per heavy atom. The molecular weight excluding hydrogens is 252 g/mol. The topological polar surface area (TPSA) is 64.3 Å². The molecule has 0 heterocycles. The highest BCUT2D eigenvalue weighted by Gasteiger charge is 2.25. The van der Waals surface area contributed by atoms with Gasteiger partial charge in [0.2, 0.25) is 5.91 Å². The van der Waals surface area contributed by atoms with Crippen LogP contribution >= 0.6 is 0 Å². The highest BCUT2D eigenvalue weighted by molar-refractivity contribution is 5.76. The summed E-state index contributed by atoms with van der Waals surface area (Å²) in [4.78, 5) is 12.0. The van der Waals surface area contributed by atoms with Crippen molar-refractivity contribution in [2.75, 3.05) is 12.3 Å². The number of hydrogen-bond acceptors (Lipinski definition) is 3. The zero-order chi connectivity index (χ0) is 15.0. The number of carbonyl (C=O) groups excluding carboxylic acids is 1. The lowest BCUT2D eigenvalue weighted by Crippen LogP contribution is -2.47. The van der Waals surface area contributed by atoms with E-state index in [0.717, 1.165) is 25.0 Å². The van der Waals surface area contributed by atoms with Crippen molar-refractivity contribution in [2.45, 2.75) is 52.0 Å². The Morgan fingerprint density at radius 2 is 1.70 bits per heavy atom. The number of nitrogens with two attached hydrogens (primary N) is 1. The predicted octanol–water partition coefficient (Wildman–Crippen LogP) is 3.12. The third-order valence-corrected chi connectivity index (χ3v) is 3.91. The smallest absolute Gasteiger partial charge is 0.223 e. The first kappa shape index (κ1) is 16.3. The summed E-state index contributed by atoms with van der Waals surface area (Å²) in [7, 11) is 0. The lowest BCUT2D eigenvalue weighted by atomic mass is 9.89. The van der Waals surface area contributed by atoms with Gasteiger partial charge in [0.1, 0.15) is 5.75 Å². The Hall–Kier alpha value is -1.71. The van der Waals surface area contributed by atoms with E-state index in [1.165, 1.54) is 0 Å². The number of benzene rings is 1. The van der Waals surface area contributed by atoms with Crippen molar-refractivity contribution in [3.8, 4) is 5.75 Å². The van der Waals surface area contributed by atoms with Crippen molar-refractivity contribution in [1.29, 1.82) is 0 Å². The zero-order valence-corrected chi connectivity index (χ0v) is 12.7. The molecule has 0 spiro atoms. The van der Waals surface area contributed by atoms with Gasteiger partial charge in [0.25, 0.3) is 0 Å². The summed E-state index contributed by atoms with van der Waals surface area (Å²) in [5.41, 5.74) is 6.23. The molecular formula is C16H26N2O2. The van der Waals surface area contributed by atoms with Crippen LogP contribution in [0.1, 0.15) is 46.5 Å². The first-order valence-electron chi connectivity index (χ1n) is 7.34. The van der Waals surface area contributed by atoms with Crippen LogP contribution in [0.3, 0.4) is 0 Å². The normalized spacial score (nSPS) is 11.2. The second-order valence-corrected chi connectivity index (χ2v) is 5.06. The van der Waals surface area contributed by atoms with Crippen molar-refractivity contribution in [2.24, 2.45) is 0 Å². The van der Waals surface area contributed by atoms with Crippen LogP contribution in [0.5, 0.6) is 5.75 Å². The van der Waals surface area contributed by atoms with Gasteiger partial charge in [-0.1, -0.05) is 20.8 Å². The Kier molecular flexibility index (Phi) is 6.36. The van der Waals surface area contributed by atoms with E-state index in [0.29, 0.717) is 18.7 Å². The zero-order valence-electron chi connectivity index (χ0n) is 12.7. The van der Waals surface area contributed by atoms with Crippen molar-refractivity contribution < 1.29 is 9.53 Å². The van der Waals surface area contributed by atoms with Gasteiger partial charge in [0.05, 0.1) is 13.0 Å². The molecule has 0 saturated carbocycles. The molecule has 20 heavy (non-hydrogen) atoms. The van der Waals surface area contributed by atoms with E-state index in [1.807, 2.05) is 12.1 Å². The van der Waals surface area contributed by atoms with E-state index < -0.39 is 0 Å². The van der Waals surface area contributed by atoms with E-state index in [-0.39, 0.29) is 11.4 Å². The monoisotopic (exact) mass is 278 g/mol. The van der Waals surface area contributed by atoms with Gasteiger partial charge in [-0.05, 0) is 43.5 Å². The number of rotatable bonds is 8. The van der Waals surface area contributed by atoms with Crippen LogP contribution in [0.25, 0.3) is 0 Å². The molecule has 1 aromatic carbocycles. The molecule has 1 aromatic rings. The third-order valence-electron chi connectivity index (χ3n) is 3.91. The molecule has 0 atom stereocenters. The molecule has 4 nitrogen and oxygen atoms in total. The Bertz CT molecular complexity index is 403. The van der Waals surface area contributed by atoms with E-state index in [2.05, 4.69) is 26.1 Å². The lowest BCUT2D eigenvalue weighted by molar-refractivity contribution is -0.123. The minimum atomic E-state index is -0.0711. The van der Waals surface area contributed by atoms with Crippen LogP contribution < -0.4 is 15.8 Å². The summed E-state index contributed by atoms with van der Waals surface area (Å²) in [6.45, 7) is 6.71. The van der Waals surface area contributed by atoms with E-state index in [1.54, 1.807) is 12.1 Å². The fourth-order valence-corrected chi connectivity index (χ4v) is 2.20. The Labute approximate surface area is 121 Å². The van der Waals surface area contributed by atoms with Gasteiger partial charge in [-0.2, -0.15) is 0 Å². The number of amides is 1. The molecule has 0 bridgehead atoms. The first-order chi connectivity index (χ1) is 9.55. The fourth-order valence-electron chi connectivity index (χ4n) is 2.20. The lowest BCUT2D eigenvalue weighted by Gasteiger charge is -2.31. The van der Waals surface area contributed by atoms with Crippen LogP contribution in [0.15, 0.2) is 24.3 Å². The number of anilines is 1. The third kappa shape index (κ3) is 4.76.